The second kappa shape index (κ2) is 6.72. The molecule has 1 rings (SSSR count). The van der Waals surface area contributed by atoms with Gasteiger partial charge in [-0.3, -0.25) is 0 Å². The van der Waals surface area contributed by atoms with Gasteiger partial charge in [0.15, 0.2) is 0 Å². The van der Waals surface area contributed by atoms with Gasteiger partial charge < -0.3 is 14.0 Å². The highest BCUT2D eigenvalue weighted by molar-refractivity contribution is 14.1. The minimum Gasteiger partial charge on any atom is -0.464 e. The zero-order valence-electron chi connectivity index (χ0n) is 11.3. The molecule has 0 aliphatic carbocycles. The monoisotopic (exact) mass is 381 g/mol. The Hall–Kier alpha value is -0.343. The van der Waals surface area contributed by atoms with Crippen molar-refractivity contribution in [3.05, 3.63) is 21.5 Å². The van der Waals surface area contributed by atoms with Gasteiger partial charge in [0.2, 0.25) is 0 Å². The number of hydrogen-bond donors (Lipinski definition) is 0. The van der Waals surface area contributed by atoms with Gasteiger partial charge in [-0.1, -0.05) is 19.6 Å². The molecule has 0 aliphatic rings. The van der Waals surface area contributed by atoms with Gasteiger partial charge in [-0.05, 0) is 34.7 Å². The minimum atomic E-state index is -1.06. The number of esters is 1. The number of halogens is 1. The van der Waals surface area contributed by atoms with Gasteiger partial charge >= 0.3 is 5.97 Å². The zero-order valence-corrected chi connectivity index (χ0v) is 14.5. The van der Waals surface area contributed by atoms with Crippen LogP contribution in [0.2, 0.25) is 25.7 Å². The molecule has 0 N–H and O–H groups in total. The van der Waals surface area contributed by atoms with Gasteiger partial charge in [0.1, 0.15) is 12.4 Å². The molecule has 0 bridgehead atoms. The SMILES string of the molecule is COC(=O)c1cc(I)cn1COCC[Si](C)(C)C. The Morgan fingerprint density at radius 3 is 2.67 bits per heavy atom. The molecule has 0 spiro atoms. The van der Waals surface area contributed by atoms with Crippen molar-refractivity contribution < 1.29 is 14.3 Å². The van der Waals surface area contributed by atoms with Crippen molar-refractivity contribution in [2.24, 2.45) is 0 Å². The van der Waals surface area contributed by atoms with E-state index in [4.69, 9.17) is 9.47 Å². The van der Waals surface area contributed by atoms with Crippen LogP contribution >= 0.6 is 22.6 Å². The summed E-state index contributed by atoms with van der Waals surface area (Å²) in [6.45, 7) is 8.08. The molecule has 6 heteroatoms. The Balaban J connectivity index is 2.54. The van der Waals surface area contributed by atoms with Crippen molar-refractivity contribution >= 4 is 36.6 Å². The minimum absolute atomic E-state index is 0.327. The molecule has 102 valence electrons. The Morgan fingerprint density at radius 2 is 2.11 bits per heavy atom. The Kier molecular flexibility index (Phi) is 5.86. The van der Waals surface area contributed by atoms with Crippen LogP contribution in [0.4, 0.5) is 0 Å². The van der Waals surface area contributed by atoms with Crippen molar-refractivity contribution in [1.29, 1.82) is 0 Å². The van der Waals surface area contributed by atoms with E-state index in [9.17, 15) is 4.79 Å². The molecule has 0 saturated carbocycles. The fraction of sp³-hybridized carbons (Fsp3) is 0.583. The van der Waals surface area contributed by atoms with Crippen LogP contribution in [0.1, 0.15) is 10.5 Å². The average Bonchev–Trinajstić information content (AvgIpc) is 2.63. The molecule has 0 aromatic carbocycles. The summed E-state index contributed by atoms with van der Waals surface area (Å²) in [5.41, 5.74) is 0.537. The van der Waals surface area contributed by atoms with Crippen LogP contribution in [0, 0.1) is 3.57 Å². The normalized spacial score (nSPS) is 11.6. The first-order chi connectivity index (χ1) is 8.33. The summed E-state index contributed by atoms with van der Waals surface area (Å²) in [5, 5.41) is 0. The fourth-order valence-corrected chi connectivity index (χ4v) is 2.79. The smallest absolute Gasteiger partial charge is 0.354 e. The maximum Gasteiger partial charge on any atom is 0.354 e. The van der Waals surface area contributed by atoms with E-state index in [2.05, 4.69) is 42.2 Å². The van der Waals surface area contributed by atoms with Crippen LogP contribution in [0.3, 0.4) is 0 Å². The van der Waals surface area contributed by atoms with E-state index in [1.807, 2.05) is 6.20 Å². The van der Waals surface area contributed by atoms with Gasteiger partial charge in [0, 0.05) is 24.4 Å². The average molecular weight is 381 g/mol. The Labute approximate surface area is 123 Å². The van der Waals surface area contributed by atoms with Gasteiger partial charge in [0.05, 0.1) is 7.11 Å². The lowest BCUT2D eigenvalue weighted by Gasteiger charge is -2.16. The lowest BCUT2D eigenvalue weighted by molar-refractivity contribution is 0.0540. The third-order valence-electron chi connectivity index (χ3n) is 2.48. The molecule has 1 aromatic rings. The number of ether oxygens (including phenoxy) is 2. The van der Waals surface area contributed by atoms with Gasteiger partial charge in [-0.2, -0.15) is 0 Å². The van der Waals surface area contributed by atoms with E-state index in [1.54, 1.807) is 10.6 Å². The van der Waals surface area contributed by atoms with Crippen molar-refractivity contribution in [2.75, 3.05) is 13.7 Å². The van der Waals surface area contributed by atoms with Gasteiger partial charge in [-0.15, -0.1) is 0 Å². The van der Waals surface area contributed by atoms with Gasteiger partial charge in [0.25, 0.3) is 0 Å². The van der Waals surface area contributed by atoms with Crippen molar-refractivity contribution in [3.8, 4) is 0 Å². The van der Waals surface area contributed by atoms with E-state index in [0.29, 0.717) is 12.4 Å². The largest absolute Gasteiger partial charge is 0.464 e. The van der Waals surface area contributed by atoms with Crippen LogP contribution in [0.25, 0.3) is 0 Å². The number of carbonyl (C=O) groups is 1. The molecule has 0 saturated heterocycles. The first kappa shape index (κ1) is 15.7. The summed E-state index contributed by atoms with van der Waals surface area (Å²) in [6, 6.07) is 2.92. The van der Waals surface area contributed by atoms with E-state index in [0.717, 1.165) is 16.2 Å². The van der Waals surface area contributed by atoms with Crippen molar-refractivity contribution in [1.82, 2.24) is 4.57 Å². The highest BCUT2D eigenvalue weighted by Crippen LogP contribution is 2.13. The summed E-state index contributed by atoms with van der Waals surface area (Å²) in [7, 11) is 0.328. The highest BCUT2D eigenvalue weighted by atomic mass is 127. The molecule has 0 amide bonds. The number of hydrogen-bond acceptors (Lipinski definition) is 3. The lowest BCUT2D eigenvalue weighted by Crippen LogP contribution is -2.22. The Bertz CT molecular complexity index is 412. The van der Waals surface area contributed by atoms with Crippen molar-refractivity contribution in [2.45, 2.75) is 32.4 Å². The third kappa shape index (κ3) is 5.11. The standard InChI is InChI=1S/C12H20INO3Si/c1-16-12(15)11-7-10(13)8-14(11)9-17-5-6-18(2,3)4/h7-8H,5-6,9H2,1-4H3. The highest BCUT2D eigenvalue weighted by Gasteiger charge is 2.15. The van der Waals surface area contributed by atoms with E-state index in [1.165, 1.54) is 7.11 Å². The predicted molar refractivity (Wildman–Crippen MR) is 82.6 cm³/mol. The van der Waals surface area contributed by atoms with E-state index < -0.39 is 8.07 Å². The predicted octanol–water partition coefficient (Wildman–Crippen LogP) is 3.19. The quantitative estimate of drug-likeness (QED) is 0.329. The number of aromatic nitrogens is 1. The summed E-state index contributed by atoms with van der Waals surface area (Å²) in [6.07, 6.45) is 1.89. The second-order valence-corrected chi connectivity index (χ2v) is 12.2. The molecule has 4 nitrogen and oxygen atoms in total. The molecule has 1 heterocycles. The molecule has 0 unspecified atom stereocenters. The van der Waals surface area contributed by atoms with Crippen molar-refractivity contribution in [3.63, 3.8) is 0 Å². The van der Waals surface area contributed by atoms with Crippen LogP contribution in [0.15, 0.2) is 12.3 Å². The van der Waals surface area contributed by atoms with Crippen LogP contribution in [-0.2, 0) is 16.2 Å². The first-order valence-corrected chi connectivity index (χ1v) is 10.6. The summed E-state index contributed by atoms with van der Waals surface area (Å²) >= 11 is 2.17. The zero-order chi connectivity index (χ0) is 13.8. The van der Waals surface area contributed by atoms with Crippen LogP contribution < -0.4 is 0 Å². The lowest BCUT2D eigenvalue weighted by atomic mass is 10.4. The maximum atomic E-state index is 11.5. The molecule has 18 heavy (non-hydrogen) atoms. The molecular formula is C12H20INO3Si. The summed E-state index contributed by atoms with van der Waals surface area (Å²) in [5.74, 6) is -0.327. The molecular weight excluding hydrogens is 361 g/mol. The summed E-state index contributed by atoms with van der Waals surface area (Å²) in [4.78, 5) is 11.5. The third-order valence-corrected chi connectivity index (χ3v) is 4.78. The topological polar surface area (TPSA) is 40.5 Å². The number of nitrogens with zero attached hydrogens (tertiary/aromatic N) is 1. The van der Waals surface area contributed by atoms with Gasteiger partial charge in [-0.25, -0.2) is 4.79 Å². The molecule has 0 aliphatic heterocycles. The van der Waals surface area contributed by atoms with E-state index in [-0.39, 0.29) is 5.97 Å². The fourth-order valence-electron chi connectivity index (χ4n) is 1.40. The maximum absolute atomic E-state index is 11.5. The van der Waals surface area contributed by atoms with Crippen LogP contribution in [-0.4, -0.2) is 32.3 Å². The Morgan fingerprint density at radius 1 is 1.44 bits per heavy atom. The van der Waals surface area contributed by atoms with Crippen LogP contribution in [0.5, 0.6) is 0 Å². The number of rotatable bonds is 6. The summed E-state index contributed by atoms with van der Waals surface area (Å²) < 4.78 is 13.2. The molecule has 0 atom stereocenters. The second-order valence-electron chi connectivity index (χ2n) is 5.35. The molecule has 0 fully saturated rings. The van der Waals surface area contributed by atoms with E-state index >= 15 is 0 Å². The first-order valence-electron chi connectivity index (χ1n) is 5.85. The molecule has 0 radical (unpaired) electrons. The number of carbonyl (C=O) groups excluding carboxylic acids is 1. The number of methoxy groups -OCH3 is 1. The molecule has 1 aromatic heterocycles.